The van der Waals surface area contributed by atoms with Crippen LogP contribution in [0.5, 0.6) is 5.88 Å². The van der Waals surface area contributed by atoms with Crippen LogP contribution in [0, 0.1) is 10.8 Å². The van der Waals surface area contributed by atoms with Gasteiger partial charge < -0.3 is 19.9 Å². The molecule has 1 atom stereocenters. The number of hydrogen-bond donors (Lipinski definition) is 1. The van der Waals surface area contributed by atoms with Gasteiger partial charge in [-0.1, -0.05) is 6.92 Å². The largest absolute Gasteiger partial charge is 0.481 e. The van der Waals surface area contributed by atoms with E-state index in [4.69, 9.17) is 4.74 Å². The first-order valence-electron chi connectivity index (χ1n) is 9.33. The van der Waals surface area contributed by atoms with Crippen molar-refractivity contribution in [3.05, 3.63) is 18.3 Å². The molecule has 136 valence electrons. The maximum absolute atomic E-state index is 13.1. The summed E-state index contributed by atoms with van der Waals surface area (Å²) in [5, 5.41) is 3.42. The van der Waals surface area contributed by atoms with Gasteiger partial charge in [-0.2, -0.15) is 0 Å². The fourth-order valence-electron chi connectivity index (χ4n) is 4.77. The van der Waals surface area contributed by atoms with Gasteiger partial charge in [-0.05, 0) is 43.8 Å². The highest BCUT2D eigenvalue weighted by atomic mass is 16.5. The van der Waals surface area contributed by atoms with Crippen molar-refractivity contribution in [1.82, 2.24) is 15.2 Å². The molecule has 1 saturated carbocycles. The van der Waals surface area contributed by atoms with Crippen LogP contribution in [-0.2, 0) is 4.79 Å². The Labute approximate surface area is 149 Å². The van der Waals surface area contributed by atoms with Crippen LogP contribution in [0.3, 0.4) is 0 Å². The number of pyridine rings is 1. The van der Waals surface area contributed by atoms with E-state index in [0.717, 1.165) is 64.2 Å². The quantitative estimate of drug-likeness (QED) is 0.901. The molecule has 0 radical (unpaired) electrons. The summed E-state index contributed by atoms with van der Waals surface area (Å²) in [4.78, 5) is 21.8. The zero-order chi connectivity index (χ0) is 17.5. The summed E-state index contributed by atoms with van der Waals surface area (Å²) in [7, 11) is 1.62. The fraction of sp³-hybridized carbons (Fsp3) is 0.684. The van der Waals surface area contributed by atoms with Crippen molar-refractivity contribution in [1.29, 1.82) is 0 Å². The number of anilines is 1. The molecule has 3 heterocycles. The average Bonchev–Trinajstić information content (AvgIpc) is 3.25. The lowest BCUT2D eigenvalue weighted by molar-refractivity contribution is -0.138. The molecule has 1 aliphatic carbocycles. The van der Waals surface area contributed by atoms with Gasteiger partial charge in [-0.15, -0.1) is 0 Å². The Bertz CT molecular complexity index is 633. The molecule has 0 bridgehead atoms. The zero-order valence-corrected chi connectivity index (χ0v) is 15.3. The van der Waals surface area contributed by atoms with E-state index in [-0.39, 0.29) is 10.8 Å². The van der Waals surface area contributed by atoms with E-state index in [2.05, 4.69) is 27.0 Å². The highest BCUT2D eigenvalue weighted by Gasteiger charge is 2.68. The van der Waals surface area contributed by atoms with E-state index in [1.165, 1.54) is 0 Å². The number of hydrogen-bond acceptors (Lipinski definition) is 5. The van der Waals surface area contributed by atoms with Gasteiger partial charge in [0.2, 0.25) is 11.8 Å². The minimum absolute atomic E-state index is 0.126. The van der Waals surface area contributed by atoms with Crippen molar-refractivity contribution in [3.63, 3.8) is 0 Å². The standard InChI is InChI=1S/C19H28N4O2/c1-18(14-19(18)5-7-20-8-6-19)17(24)23-11-9-22(10-12-23)15-3-4-16(25-2)21-13-15/h3-4,13,20H,5-12,14H2,1-2H3. The van der Waals surface area contributed by atoms with Gasteiger partial charge in [0.25, 0.3) is 0 Å². The Morgan fingerprint density at radius 1 is 1.20 bits per heavy atom. The molecular weight excluding hydrogens is 316 g/mol. The number of amides is 1. The number of rotatable bonds is 3. The lowest BCUT2D eigenvalue weighted by Gasteiger charge is -2.38. The van der Waals surface area contributed by atoms with Crippen molar-refractivity contribution in [2.45, 2.75) is 26.2 Å². The molecule has 6 nitrogen and oxygen atoms in total. The van der Waals surface area contributed by atoms with Crippen LogP contribution in [0.1, 0.15) is 26.2 Å². The molecule has 25 heavy (non-hydrogen) atoms. The monoisotopic (exact) mass is 344 g/mol. The van der Waals surface area contributed by atoms with E-state index in [9.17, 15) is 4.79 Å². The van der Waals surface area contributed by atoms with Gasteiger partial charge in [0.1, 0.15) is 0 Å². The number of carbonyl (C=O) groups excluding carboxylic acids is 1. The van der Waals surface area contributed by atoms with Crippen LogP contribution in [0.2, 0.25) is 0 Å². The molecule has 2 aliphatic heterocycles. The van der Waals surface area contributed by atoms with E-state index < -0.39 is 0 Å². The van der Waals surface area contributed by atoms with Gasteiger partial charge in [0.05, 0.1) is 24.4 Å². The number of piperidine rings is 1. The van der Waals surface area contributed by atoms with E-state index in [0.29, 0.717) is 11.8 Å². The molecule has 4 rings (SSSR count). The second-order valence-corrected chi connectivity index (χ2v) is 7.88. The maximum atomic E-state index is 13.1. The highest BCUT2D eigenvalue weighted by Crippen LogP contribution is 2.69. The summed E-state index contributed by atoms with van der Waals surface area (Å²) in [5.41, 5.74) is 1.24. The number of aromatic nitrogens is 1. The minimum atomic E-state index is -0.126. The summed E-state index contributed by atoms with van der Waals surface area (Å²) in [6.07, 6.45) is 5.21. The first kappa shape index (κ1) is 16.6. The van der Waals surface area contributed by atoms with Gasteiger partial charge in [0.15, 0.2) is 0 Å². The number of nitrogens with zero attached hydrogens (tertiary/aromatic N) is 3. The molecule has 3 aliphatic rings. The molecule has 3 fully saturated rings. The molecule has 0 aromatic carbocycles. The predicted octanol–water partition coefficient (Wildman–Crippen LogP) is 1.52. The number of piperazine rings is 1. The second kappa shape index (κ2) is 6.16. The van der Waals surface area contributed by atoms with Crippen LogP contribution in [0.25, 0.3) is 0 Å². The highest BCUT2D eigenvalue weighted by molar-refractivity contribution is 5.87. The molecule has 1 aromatic heterocycles. The summed E-state index contributed by atoms with van der Waals surface area (Å²) in [6, 6.07) is 3.93. The summed E-state index contributed by atoms with van der Waals surface area (Å²) in [6.45, 7) is 7.64. The van der Waals surface area contributed by atoms with Crippen molar-refractivity contribution >= 4 is 11.6 Å². The van der Waals surface area contributed by atoms with Crippen molar-refractivity contribution < 1.29 is 9.53 Å². The molecular formula is C19H28N4O2. The Hall–Kier alpha value is -1.82. The normalized spacial score (nSPS) is 28.1. The van der Waals surface area contributed by atoms with Gasteiger partial charge in [-0.3, -0.25) is 4.79 Å². The molecule has 1 amide bonds. The number of ether oxygens (including phenoxy) is 1. The van der Waals surface area contributed by atoms with Crippen LogP contribution < -0.4 is 15.0 Å². The smallest absolute Gasteiger partial charge is 0.229 e. The first-order valence-corrected chi connectivity index (χ1v) is 9.33. The number of carbonyl (C=O) groups is 1. The van der Waals surface area contributed by atoms with Gasteiger partial charge in [-0.25, -0.2) is 4.98 Å². The topological polar surface area (TPSA) is 57.7 Å². The summed E-state index contributed by atoms with van der Waals surface area (Å²) in [5.74, 6) is 1.01. The van der Waals surface area contributed by atoms with Crippen LogP contribution in [0.15, 0.2) is 18.3 Å². The van der Waals surface area contributed by atoms with Crippen molar-refractivity contribution in [3.8, 4) is 5.88 Å². The Balaban J connectivity index is 1.36. The Kier molecular flexibility index (Phi) is 4.10. The third-order valence-electron chi connectivity index (χ3n) is 6.63. The second-order valence-electron chi connectivity index (χ2n) is 7.88. The fourth-order valence-corrected chi connectivity index (χ4v) is 4.77. The molecule has 1 N–H and O–H groups in total. The molecule has 1 aromatic rings. The van der Waals surface area contributed by atoms with Gasteiger partial charge >= 0.3 is 0 Å². The SMILES string of the molecule is COc1ccc(N2CCN(C(=O)C3(C)CC34CCNCC4)CC2)cn1. The lowest BCUT2D eigenvalue weighted by Crippen LogP contribution is -2.51. The third-order valence-corrected chi connectivity index (χ3v) is 6.63. The molecule has 1 spiro atoms. The van der Waals surface area contributed by atoms with Crippen LogP contribution in [-0.4, -0.2) is 62.2 Å². The molecule has 1 unspecified atom stereocenters. The molecule has 2 saturated heterocycles. The third kappa shape index (κ3) is 2.76. The lowest BCUT2D eigenvalue weighted by atomic mass is 9.85. The Morgan fingerprint density at radius 2 is 1.92 bits per heavy atom. The van der Waals surface area contributed by atoms with Crippen LogP contribution >= 0.6 is 0 Å². The summed E-state index contributed by atoms with van der Waals surface area (Å²) < 4.78 is 5.12. The van der Waals surface area contributed by atoms with E-state index >= 15 is 0 Å². The Morgan fingerprint density at radius 3 is 2.52 bits per heavy atom. The molecule has 6 heteroatoms. The van der Waals surface area contributed by atoms with E-state index in [1.807, 2.05) is 18.3 Å². The minimum Gasteiger partial charge on any atom is -0.481 e. The number of nitrogens with one attached hydrogen (secondary N) is 1. The van der Waals surface area contributed by atoms with E-state index in [1.54, 1.807) is 7.11 Å². The average molecular weight is 344 g/mol. The number of methoxy groups -OCH3 is 1. The zero-order valence-electron chi connectivity index (χ0n) is 15.3. The summed E-state index contributed by atoms with van der Waals surface area (Å²) >= 11 is 0. The first-order chi connectivity index (χ1) is 12.1. The predicted molar refractivity (Wildman–Crippen MR) is 96.8 cm³/mol. The van der Waals surface area contributed by atoms with Crippen LogP contribution in [0.4, 0.5) is 5.69 Å². The maximum Gasteiger partial charge on any atom is 0.229 e. The van der Waals surface area contributed by atoms with Crippen molar-refractivity contribution in [2.24, 2.45) is 10.8 Å². The van der Waals surface area contributed by atoms with Gasteiger partial charge in [0, 0.05) is 32.2 Å². The van der Waals surface area contributed by atoms with Crippen molar-refractivity contribution in [2.75, 3.05) is 51.3 Å².